The van der Waals surface area contributed by atoms with Crippen molar-refractivity contribution >= 4 is 17.5 Å². The van der Waals surface area contributed by atoms with Gasteiger partial charge in [0.25, 0.3) is 0 Å². The number of nitrogens with zero attached hydrogens (tertiary/aromatic N) is 2. The fourth-order valence-electron chi connectivity index (χ4n) is 2.59. The van der Waals surface area contributed by atoms with Crippen LogP contribution in [0.4, 0.5) is 17.5 Å². The van der Waals surface area contributed by atoms with Crippen LogP contribution >= 0.6 is 0 Å². The van der Waals surface area contributed by atoms with E-state index in [1.807, 2.05) is 44.2 Å². The van der Waals surface area contributed by atoms with Gasteiger partial charge in [-0.1, -0.05) is 12.1 Å². The molecular weight excluding hydrogens is 304 g/mol. The van der Waals surface area contributed by atoms with Crippen LogP contribution in [-0.4, -0.2) is 35.3 Å². The zero-order valence-electron chi connectivity index (χ0n) is 14.2. The summed E-state index contributed by atoms with van der Waals surface area (Å²) in [5.41, 5.74) is 0.850. The van der Waals surface area contributed by atoms with Gasteiger partial charge in [0.2, 0.25) is 5.95 Å². The second-order valence-electron chi connectivity index (χ2n) is 6.07. The molecule has 1 fully saturated rings. The molecule has 6 nitrogen and oxygen atoms in total. The van der Waals surface area contributed by atoms with Crippen LogP contribution in [0.5, 0.6) is 5.75 Å². The maximum Gasteiger partial charge on any atom is 0.229 e. The Morgan fingerprint density at radius 2 is 2.17 bits per heavy atom. The lowest BCUT2D eigenvalue weighted by molar-refractivity contribution is 0.120. The summed E-state index contributed by atoms with van der Waals surface area (Å²) < 4.78 is 11.4. The van der Waals surface area contributed by atoms with Gasteiger partial charge in [-0.2, -0.15) is 4.98 Å². The first-order valence-corrected chi connectivity index (χ1v) is 8.42. The number of para-hydroxylation sites is 2. The van der Waals surface area contributed by atoms with Crippen molar-refractivity contribution in [3.63, 3.8) is 0 Å². The molecule has 128 valence electrons. The molecule has 2 heterocycles. The smallest absolute Gasteiger partial charge is 0.229 e. The number of hydrogen-bond acceptors (Lipinski definition) is 6. The van der Waals surface area contributed by atoms with Crippen LogP contribution in [-0.2, 0) is 4.74 Å². The minimum atomic E-state index is 0.105. The molecule has 1 aromatic heterocycles. The fraction of sp³-hybridized carbons (Fsp3) is 0.444. The number of anilines is 3. The Balaban J connectivity index is 1.66. The Bertz CT molecular complexity index is 657. The number of ether oxygens (including phenoxy) is 2. The van der Waals surface area contributed by atoms with Gasteiger partial charge in [-0.05, 0) is 44.9 Å². The predicted octanol–water partition coefficient (Wildman–Crippen LogP) is 3.60. The molecule has 3 rings (SSSR count). The second kappa shape index (κ2) is 7.97. The van der Waals surface area contributed by atoms with E-state index < -0.39 is 0 Å². The van der Waals surface area contributed by atoms with E-state index in [1.54, 1.807) is 6.20 Å². The molecule has 1 unspecified atom stereocenters. The van der Waals surface area contributed by atoms with Crippen molar-refractivity contribution in [1.29, 1.82) is 0 Å². The Morgan fingerprint density at radius 1 is 1.29 bits per heavy atom. The normalized spacial score (nSPS) is 17.0. The summed E-state index contributed by atoms with van der Waals surface area (Å²) >= 11 is 0. The third-order valence-corrected chi connectivity index (χ3v) is 3.69. The molecule has 2 aromatic rings. The SMILES string of the molecule is CC(C)Oc1ccccc1Nc1nccc(NCC2CCCO2)n1. The van der Waals surface area contributed by atoms with Crippen LogP contribution in [0.2, 0.25) is 0 Å². The van der Waals surface area contributed by atoms with E-state index in [-0.39, 0.29) is 12.2 Å². The molecule has 1 aliphatic heterocycles. The molecule has 0 saturated carbocycles. The van der Waals surface area contributed by atoms with Gasteiger partial charge < -0.3 is 20.1 Å². The topological polar surface area (TPSA) is 68.3 Å². The first kappa shape index (κ1) is 16.5. The van der Waals surface area contributed by atoms with Crippen molar-refractivity contribution in [3.05, 3.63) is 36.5 Å². The summed E-state index contributed by atoms with van der Waals surface area (Å²) in [4.78, 5) is 8.79. The molecule has 1 aliphatic rings. The number of rotatable bonds is 7. The largest absolute Gasteiger partial charge is 0.489 e. The molecular formula is C18H24N4O2. The average molecular weight is 328 g/mol. The number of hydrogen-bond donors (Lipinski definition) is 2. The Kier molecular flexibility index (Phi) is 5.48. The number of benzene rings is 1. The molecule has 0 aliphatic carbocycles. The Labute approximate surface area is 142 Å². The van der Waals surface area contributed by atoms with E-state index in [0.717, 1.165) is 43.2 Å². The molecule has 0 amide bonds. The van der Waals surface area contributed by atoms with Crippen LogP contribution in [0.3, 0.4) is 0 Å². The Morgan fingerprint density at radius 3 is 2.96 bits per heavy atom. The van der Waals surface area contributed by atoms with Crippen molar-refractivity contribution < 1.29 is 9.47 Å². The summed E-state index contributed by atoms with van der Waals surface area (Å²) in [5, 5.41) is 6.54. The molecule has 1 saturated heterocycles. The van der Waals surface area contributed by atoms with Gasteiger partial charge in [0.1, 0.15) is 11.6 Å². The third-order valence-electron chi connectivity index (χ3n) is 3.69. The maximum absolute atomic E-state index is 5.81. The van der Waals surface area contributed by atoms with Crippen LogP contribution in [0.15, 0.2) is 36.5 Å². The summed E-state index contributed by atoms with van der Waals surface area (Å²) in [6.07, 6.45) is 4.35. The first-order valence-electron chi connectivity index (χ1n) is 8.42. The standard InChI is InChI=1S/C18H24N4O2/c1-13(2)24-16-8-4-3-7-15(16)21-18-19-10-9-17(22-18)20-12-14-6-5-11-23-14/h3-4,7-10,13-14H,5-6,11-12H2,1-2H3,(H2,19,20,21,22). The van der Waals surface area contributed by atoms with Gasteiger partial charge in [-0.3, -0.25) is 0 Å². The minimum Gasteiger partial charge on any atom is -0.489 e. The summed E-state index contributed by atoms with van der Waals surface area (Å²) in [7, 11) is 0. The van der Waals surface area contributed by atoms with Crippen LogP contribution < -0.4 is 15.4 Å². The van der Waals surface area contributed by atoms with Crippen molar-refractivity contribution in [3.8, 4) is 5.75 Å². The van der Waals surface area contributed by atoms with Gasteiger partial charge in [-0.25, -0.2) is 4.98 Å². The zero-order chi connectivity index (χ0) is 16.8. The van der Waals surface area contributed by atoms with Gasteiger partial charge >= 0.3 is 0 Å². The highest BCUT2D eigenvalue weighted by Crippen LogP contribution is 2.27. The molecule has 0 radical (unpaired) electrons. The molecule has 0 bridgehead atoms. The number of nitrogens with one attached hydrogen (secondary N) is 2. The molecule has 1 atom stereocenters. The number of aromatic nitrogens is 2. The van der Waals surface area contributed by atoms with E-state index in [2.05, 4.69) is 20.6 Å². The van der Waals surface area contributed by atoms with Crippen molar-refractivity contribution in [1.82, 2.24) is 9.97 Å². The molecule has 6 heteroatoms. The van der Waals surface area contributed by atoms with E-state index in [1.165, 1.54) is 0 Å². The monoisotopic (exact) mass is 328 g/mol. The van der Waals surface area contributed by atoms with Crippen molar-refractivity contribution in [2.24, 2.45) is 0 Å². The highest BCUT2D eigenvalue weighted by atomic mass is 16.5. The maximum atomic E-state index is 5.81. The van der Waals surface area contributed by atoms with Gasteiger partial charge in [0, 0.05) is 19.3 Å². The van der Waals surface area contributed by atoms with E-state index in [9.17, 15) is 0 Å². The minimum absolute atomic E-state index is 0.105. The van der Waals surface area contributed by atoms with Gasteiger partial charge in [0.15, 0.2) is 0 Å². The zero-order valence-corrected chi connectivity index (χ0v) is 14.2. The van der Waals surface area contributed by atoms with Crippen LogP contribution in [0, 0.1) is 0 Å². The van der Waals surface area contributed by atoms with Gasteiger partial charge in [0.05, 0.1) is 17.9 Å². The molecule has 0 spiro atoms. The molecule has 1 aromatic carbocycles. The van der Waals surface area contributed by atoms with E-state index in [0.29, 0.717) is 5.95 Å². The average Bonchev–Trinajstić information content (AvgIpc) is 3.08. The first-order chi connectivity index (χ1) is 11.7. The quantitative estimate of drug-likeness (QED) is 0.809. The highest BCUT2D eigenvalue weighted by molar-refractivity contribution is 5.63. The van der Waals surface area contributed by atoms with Gasteiger partial charge in [-0.15, -0.1) is 0 Å². The van der Waals surface area contributed by atoms with E-state index in [4.69, 9.17) is 9.47 Å². The lowest BCUT2D eigenvalue weighted by Gasteiger charge is -2.15. The Hall–Kier alpha value is -2.34. The third kappa shape index (κ3) is 4.58. The molecule has 2 N–H and O–H groups in total. The van der Waals surface area contributed by atoms with Crippen LogP contribution in [0.1, 0.15) is 26.7 Å². The second-order valence-corrected chi connectivity index (χ2v) is 6.07. The van der Waals surface area contributed by atoms with Crippen LogP contribution in [0.25, 0.3) is 0 Å². The highest BCUT2D eigenvalue weighted by Gasteiger charge is 2.15. The summed E-state index contributed by atoms with van der Waals surface area (Å²) in [6, 6.07) is 9.64. The lowest BCUT2D eigenvalue weighted by Crippen LogP contribution is -2.19. The molecule has 24 heavy (non-hydrogen) atoms. The fourth-order valence-corrected chi connectivity index (χ4v) is 2.59. The van der Waals surface area contributed by atoms with Crippen molar-refractivity contribution in [2.75, 3.05) is 23.8 Å². The lowest BCUT2D eigenvalue weighted by atomic mass is 10.2. The summed E-state index contributed by atoms with van der Waals surface area (Å²) in [6.45, 7) is 5.63. The van der Waals surface area contributed by atoms with E-state index >= 15 is 0 Å². The predicted molar refractivity (Wildman–Crippen MR) is 95.0 cm³/mol. The van der Waals surface area contributed by atoms with Crippen molar-refractivity contribution in [2.45, 2.75) is 38.9 Å². The summed E-state index contributed by atoms with van der Waals surface area (Å²) in [5.74, 6) is 2.10.